The summed E-state index contributed by atoms with van der Waals surface area (Å²) in [5.41, 5.74) is 0.764. The van der Waals surface area contributed by atoms with Crippen LogP contribution in [0.3, 0.4) is 0 Å². The minimum absolute atomic E-state index is 0.168. The van der Waals surface area contributed by atoms with Gasteiger partial charge in [0.1, 0.15) is 11.4 Å². The van der Waals surface area contributed by atoms with Gasteiger partial charge in [0.2, 0.25) is 0 Å². The minimum atomic E-state index is -0.461. The Labute approximate surface area is 130 Å². The van der Waals surface area contributed by atoms with Crippen molar-refractivity contribution in [1.82, 2.24) is 19.5 Å². The molecule has 0 N–H and O–H groups in total. The quantitative estimate of drug-likeness (QED) is 0.549. The van der Waals surface area contributed by atoms with E-state index in [4.69, 9.17) is 0 Å². The molecule has 1 aromatic carbocycles. The fourth-order valence-electron chi connectivity index (χ4n) is 2.08. The molecule has 0 amide bonds. The van der Waals surface area contributed by atoms with Gasteiger partial charge in [0.05, 0.1) is 16.6 Å². The van der Waals surface area contributed by atoms with E-state index in [2.05, 4.69) is 15.0 Å². The Hall–Kier alpha value is -2.28. The van der Waals surface area contributed by atoms with E-state index < -0.39 is 5.82 Å². The number of benzene rings is 1. The van der Waals surface area contributed by atoms with Gasteiger partial charge in [-0.2, -0.15) is 0 Å². The Morgan fingerprint density at radius 2 is 2.05 bits per heavy atom. The normalized spacial score (nSPS) is 11.0. The largest absolute Gasteiger partial charge is 0.290 e. The van der Waals surface area contributed by atoms with E-state index in [0.717, 1.165) is 11.8 Å². The fourth-order valence-corrected chi connectivity index (χ4v) is 2.92. The van der Waals surface area contributed by atoms with Gasteiger partial charge in [0, 0.05) is 7.05 Å². The molecule has 2 aromatic heterocycles. The van der Waals surface area contributed by atoms with Crippen LogP contribution in [0.5, 0.6) is 0 Å². The molecule has 0 aliphatic rings. The second-order valence-electron chi connectivity index (χ2n) is 4.67. The van der Waals surface area contributed by atoms with Crippen LogP contribution < -0.4 is 5.56 Å². The topological polar surface area (TPSA) is 60.7 Å². The lowest BCUT2D eigenvalue weighted by Gasteiger charge is -2.09. The van der Waals surface area contributed by atoms with Gasteiger partial charge in [0.15, 0.2) is 11.0 Å². The first-order valence-corrected chi connectivity index (χ1v) is 7.56. The molecule has 0 unspecified atom stereocenters. The molecule has 0 aliphatic carbocycles. The van der Waals surface area contributed by atoms with E-state index in [0.29, 0.717) is 28.2 Å². The highest BCUT2D eigenvalue weighted by Crippen LogP contribution is 2.27. The van der Waals surface area contributed by atoms with Crippen LogP contribution in [0.2, 0.25) is 0 Å². The van der Waals surface area contributed by atoms with Crippen LogP contribution >= 0.6 is 11.8 Å². The summed E-state index contributed by atoms with van der Waals surface area (Å²) in [4.78, 5) is 24.6. The Morgan fingerprint density at radius 3 is 2.82 bits per heavy atom. The van der Waals surface area contributed by atoms with Crippen LogP contribution in [0.1, 0.15) is 12.6 Å². The highest BCUT2D eigenvalue weighted by atomic mass is 32.2. The van der Waals surface area contributed by atoms with E-state index in [9.17, 15) is 9.18 Å². The van der Waals surface area contributed by atoms with Gasteiger partial charge in [-0.25, -0.2) is 19.3 Å². The molecule has 0 radical (unpaired) electrons. The molecule has 2 heterocycles. The second-order valence-corrected chi connectivity index (χ2v) is 5.63. The summed E-state index contributed by atoms with van der Waals surface area (Å²) in [6.45, 7) is 1.82. The fraction of sp³-hybridized carbons (Fsp3) is 0.200. The maximum absolute atomic E-state index is 14.2. The summed E-state index contributed by atoms with van der Waals surface area (Å²) in [5.74, 6) is -0.461. The molecular formula is C15H13FN4OS. The number of para-hydroxylation sites is 1. The molecule has 112 valence electrons. The predicted molar refractivity (Wildman–Crippen MR) is 82.5 cm³/mol. The average Bonchev–Trinajstić information content (AvgIpc) is 2.54. The number of nitrogens with zero attached hydrogens (tertiary/aromatic N) is 4. The van der Waals surface area contributed by atoms with E-state index in [1.165, 1.54) is 10.9 Å². The number of aryl methyl sites for hydroxylation is 1. The molecule has 3 rings (SSSR count). The van der Waals surface area contributed by atoms with Gasteiger partial charge < -0.3 is 0 Å². The summed E-state index contributed by atoms with van der Waals surface area (Å²) in [6, 6.07) is 7.08. The van der Waals surface area contributed by atoms with Gasteiger partial charge in [-0.05, 0) is 30.3 Å². The first-order chi connectivity index (χ1) is 10.6. The summed E-state index contributed by atoms with van der Waals surface area (Å²) in [7, 11) is 1.62. The number of rotatable bonds is 3. The lowest BCUT2D eigenvalue weighted by atomic mass is 10.2. The second kappa shape index (κ2) is 5.84. The first-order valence-electron chi connectivity index (χ1n) is 6.74. The van der Waals surface area contributed by atoms with Crippen LogP contribution in [-0.4, -0.2) is 19.5 Å². The Bertz CT molecular complexity index is 910. The third-order valence-electron chi connectivity index (χ3n) is 3.29. The van der Waals surface area contributed by atoms with Crippen LogP contribution in [0, 0.1) is 5.82 Å². The van der Waals surface area contributed by atoms with E-state index in [-0.39, 0.29) is 10.6 Å². The zero-order chi connectivity index (χ0) is 15.7. The Kier molecular flexibility index (Phi) is 3.89. The molecule has 3 aromatic rings. The molecule has 0 spiro atoms. The Morgan fingerprint density at radius 1 is 1.27 bits per heavy atom. The lowest BCUT2D eigenvalue weighted by molar-refractivity contribution is 0.558. The first kappa shape index (κ1) is 14.6. The van der Waals surface area contributed by atoms with Crippen LogP contribution in [-0.2, 0) is 13.5 Å². The minimum Gasteiger partial charge on any atom is -0.290 e. The van der Waals surface area contributed by atoms with Crippen molar-refractivity contribution in [2.45, 2.75) is 23.5 Å². The van der Waals surface area contributed by atoms with Gasteiger partial charge in [-0.3, -0.25) is 9.36 Å². The standard InChI is InChI=1S/C15H13FN4OS/c1-3-10-12(16)13(18-8-17-10)22-15-19-11-7-5-4-6-9(11)14(21)20(15)2/h4-8H,3H2,1-2H3. The molecule has 0 saturated heterocycles. The predicted octanol–water partition coefficient (Wildman–Crippen LogP) is 2.58. The monoisotopic (exact) mass is 316 g/mol. The lowest BCUT2D eigenvalue weighted by Crippen LogP contribution is -2.20. The molecule has 0 bridgehead atoms. The summed E-state index contributed by atoms with van der Waals surface area (Å²) >= 11 is 1.03. The number of halogens is 1. The maximum Gasteiger partial charge on any atom is 0.261 e. The van der Waals surface area contributed by atoms with Crippen LogP contribution in [0.25, 0.3) is 10.9 Å². The zero-order valence-corrected chi connectivity index (χ0v) is 12.9. The van der Waals surface area contributed by atoms with E-state index >= 15 is 0 Å². The molecule has 5 nitrogen and oxygen atoms in total. The van der Waals surface area contributed by atoms with Crippen molar-refractivity contribution >= 4 is 22.7 Å². The van der Waals surface area contributed by atoms with Gasteiger partial charge in [-0.15, -0.1) is 0 Å². The molecular weight excluding hydrogens is 303 g/mol. The van der Waals surface area contributed by atoms with Crippen molar-refractivity contribution in [2.75, 3.05) is 0 Å². The van der Waals surface area contributed by atoms with Crippen molar-refractivity contribution < 1.29 is 4.39 Å². The molecule has 0 saturated carbocycles. The van der Waals surface area contributed by atoms with Crippen molar-refractivity contribution in [3.63, 3.8) is 0 Å². The number of hydrogen-bond donors (Lipinski definition) is 0. The van der Waals surface area contributed by atoms with Crippen molar-refractivity contribution in [3.05, 3.63) is 52.5 Å². The average molecular weight is 316 g/mol. The van der Waals surface area contributed by atoms with Crippen LogP contribution in [0.4, 0.5) is 4.39 Å². The van der Waals surface area contributed by atoms with Gasteiger partial charge in [0.25, 0.3) is 5.56 Å². The number of fused-ring (bicyclic) bond motifs is 1. The van der Waals surface area contributed by atoms with E-state index in [1.807, 2.05) is 13.0 Å². The molecule has 22 heavy (non-hydrogen) atoms. The SMILES string of the molecule is CCc1ncnc(Sc2nc3ccccc3c(=O)n2C)c1F. The van der Waals surface area contributed by atoms with Crippen LogP contribution in [0.15, 0.2) is 45.6 Å². The third kappa shape index (κ3) is 2.48. The smallest absolute Gasteiger partial charge is 0.261 e. The van der Waals surface area contributed by atoms with E-state index in [1.54, 1.807) is 25.2 Å². The highest BCUT2D eigenvalue weighted by Gasteiger charge is 2.15. The zero-order valence-electron chi connectivity index (χ0n) is 12.1. The number of hydrogen-bond acceptors (Lipinski definition) is 5. The molecule has 0 aliphatic heterocycles. The highest BCUT2D eigenvalue weighted by molar-refractivity contribution is 7.99. The molecule has 0 atom stereocenters. The summed E-state index contributed by atoms with van der Waals surface area (Å²) in [5, 5.41) is 1.10. The summed E-state index contributed by atoms with van der Waals surface area (Å²) in [6.07, 6.45) is 1.80. The molecule has 0 fully saturated rings. The summed E-state index contributed by atoms with van der Waals surface area (Å²) < 4.78 is 15.6. The van der Waals surface area contributed by atoms with Gasteiger partial charge >= 0.3 is 0 Å². The van der Waals surface area contributed by atoms with Crippen molar-refractivity contribution in [3.8, 4) is 0 Å². The third-order valence-corrected chi connectivity index (χ3v) is 4.32. The van der Waals surface area contributed by atoms with Crippen molar-refractivity contribution in [2.24, 2.45) is 7.05 Å². The van der Waals surface area contributed by atoms with Crippen molar-refractivity contribution in [1.29, 1.82) is 0 Å². The maximum atomic E-state index is 14.2. The van der Waals surface area contributed by atoms with Gasteiger partial charge in [-0.1, -0.05) is 19.1 Å². The Balaban J connectivity index is 2.12. The molecule has 7 heteroatoms. The number of aromatic nitrogens is 4.